The van der Waals surface area contributed by atoms with Crippen LogP contribution in [0.4, 0.5) is 0 Å². The Balaban J connectivity index is 1.68. The van der Waals surface area contributed by atoms with Gasteiger partial charge in [-0.1, -0.05) is 50.6 Å². The fourth-order valence-corrected chi connectivity index (χ4v) is 7.86. The number of nitrogens with zero attached hydrogens (tertiary/aromatic N) is 1. The van der Waals surface area contributed by atoms with E-state index < -0.39 is 26.7 Å². The van der Waals surface area contributed by atoms with E-state index in [1.165, 1.54) is 0 Å². The molecule has 3 aliphatic rings. The number of para-hydroxylation sites is 1. The van der Waals surface area contributed by atoms with Crippen LogP contribution in [0.15, 0.2) is 53.4 Å². The maximum Gasteiger partial charge on any atom is 0.244 e. The van der Waals surface area contributed by atoms with E-state index in [0.29, 0.717) is 11.7 Å². The maximum absolute atomic E-state index is 13.9. The van der Waals surface area contributed by atoms with Gasteiger partial charge in [0.2, 0.25) is 5.91 Å². The minimum Gasteiger partial charge on any atom is -0.467 e. The van der Waals surface area contributed by atoms with Gasteiger partial charge in [0.15, 0.2) is 20.8 Å². The van der Waals surface area contributed by atoms with Gasteiger partial charge in [0.25, 0.3) is 0 Å². The first-order valence-electron chi connectivity index (χ1n) is 11.2. The zero-order valence-electron chi connectivity index (χ0n) is 18.2. The lowest BCUT2D eigenvalue weighted by atomic mass is 9.65. The standard InChI is InChI=1S/C25H29NO4S/c1-16(2)17-11-13-18(14-12-17)31(28,29)23-22-19-8-4-5-10-21(19)30-25(26(3)24(23)27)15-7-6-9-20(22)25/h4-5,8,10-14,16,20,22-23H,6-7,9,15H2,1-3H3/t20-,22-,23+,25-/m1/s1. The van der Waals surface area contributed by atoms with Crippen molar-refractivity contribution in [3.05, 3.63) is 59.7 Å². The van der Waals surface area contributed by atoms with E-state index >= 15 is 0 Å². The van der Waals surface area contributed by atoms with Gasteiger partial charge in [-0.3, -0.25) is 4.79 Å². The third-order valence-corrected chi connectivity index (χ3v) is 9.65. The maximum atomic E-state index is 13.9. The molecule has 2 fully saturated rings. The molecule has 2 aliphatic heterocycles. The Morgan fingerprint density at radius 2 is 1.77 bits per heavy atom. The number of benzene rings is 2. The molecule has 1 amide bonds. The summed E-state index contributed by atoms with van der Waals surface area (Å²) < 4.78 is 34.3. The van der Waals surface area contributed by atoms with Crippen LogP contribution in [0, 0.1) is 5.92 Å². The Kier molecular flexibility index (Phi) is 4.70. The Morgan fingerprint density at radius 1 is 1.06 bits per heavy atom. The van der Waals surface area contributed by atoms with E-state index in [2.05, 4.69) is 13.8 Å². The van der Waals surface area contributed by atoms with Crippen molar-refractivity contribution >= 4 is 15.7 Å². The zero-order valence-corrected chi connectivity index (χ0v) is 19.1. The number of carbonyl (C=O) groups excluding carboxylic acids is 1. The van der Waals surface area contributed by atoms with Crippen molar-refractivity contribution in [3.63, 3.8) is 0 Å². The van der Waals surface area contributed by atoms with Crippen LogP contribution in [0.2, 0.25) is 0 Å². The van der Waals surface area contributed by atoms with Crippen LogP contribution in [0.3, 0.4) is 0 Å². The Bertz CT molecular complexity index is 1120. The van der Waals surface area contributed by atoms with Crippen molar-refractivity contribution in [2.45, 2.75) is 67.2 Å². The molecule has 6 heteroatoms. The molecule has 0 N–H and O–H groups in total. The smallest absolute Gasteiger partial charge is 0.244 e. The average Bonchev–Trinajstić information content (AvgIpc) is 2.77. The van der Waals surface area contributed by atoms with Crippen molar-refractivity contribution < 1.29 is 17.9 Å². The van der Waals surface area contributed by atoms with Crippen molar-refractivity contribution in [1.29, 1.82) is 0 Å². The SMILES string of the molecule is CC(C)c1ccc(S(=O)(=O)[C@@H]2C(=O)N(C)[C@@]34CCCC[C@@H]3[C@H]2c2ccccc2O4)cc1. The molecule has 164 valence electrons. The Labute approximate surface area is 184 Å². The summed E-state index contributed by atoms with van der Waals surface area (Å²) in [4.78, 5) is 15.5. The molecule has 2 aromatic carbocycles. The Hall–Kier alpha value is -2.34. The lowest BCUT2D eigenvalue weighted by Crippen LogP contribution is -2.71. The third-order valence-electron chi connectivity index (χ3n) is 7.56. The predicted octanol–water partition coefficient (Wildman–Crippen LogP) is 4.49. The number of hydrogen-bond donors (Lipinski definition) is 0. The summed E-state index contributed by atoms with van der Waals surface area (Å²) in [6, 6.07) is 14.7. The van der Waals surface area contributed by atoms with E-state index in [4.69, 9.17) is 4.74 Å². The van der Waals surface area contributed by atoms with Crippen molar-refractivity contribution in [2.24, 2.45) is 5.92 Å². The Morgan fingerprint density at radius 3 is 2.48 bits per heavy atom. The summed E-state index contributed by atoms with van der Waals surface area (Å²) in [7, 11) is -2.16. The molecule has 1 saturated heterocycles. The molecule has 0 unspecified atom stereocenters. The number of amides is 1. The molecule has 31 heavy (non-hydrogen) atoms. The number of likely N-dealkylation sites (tertiary alicyclic amines) is 1. The number of fused-ring (bicyclic) bond motifs is 2. The fraction of sp³-hybridized carbons (Fsp3) is 0.480. The van der Waals surface area contributed by atoms with Gasteiger partial charge < -0.3 is 9.64 Å². The van der Waals surface area contributed by atoms with Gasteiger partial charge in [-0.05, 0) is 48.1 Å². The minimum atomic E-state index is -3.88. The van der Waals surface area contributed by atoms with Gasteiger partial charge in [0.05, 0.1) is 4.90 Å². The quantitative estimate of drug-likeness (QED) is 0.707. The molecule has 4 atom stereocenters. The van der Waals surface area contributed by atoms with Crippen LogP contribution < -0.4 is 4.74 Å². The van der Waals surface area contributed by atoms with Gasteiger partial charge in [0.1, 0.15) is 5.75 Å². The van der Waals surface area contributed by atoms with E-state index in [1.54, 1.807) is 24.1 Å². The number of rotatable bonds is 3. The topological polar surface area (TPSA) is 63.7 Å². The summed E-state index contributed by atoms with van der Waals surface area (Å²) in [5, 5.41) is -1.14. The second-order valence-electron chi connectivity index (χ2n) is 9.45. The second-order valence-corrected chi connectivity index (χ2v) is 11.5. The summed E-state index contributed by atoms with van der Waals surface area (Å²) >= 11 is 0. The summed E-state index contributed by atoms with van der Waals surface area (Å²) in [6.45, 7) is 4.15. The first-order valence-corrected chi connectivity index (χ1v) is 12.7. The van der Waals surface area contributed by atoms with Crippen molar-refractivity contribution in [3.8, 4) is 5.75 Å². The van der Waals surface area contributed by atoms with Crippen LogP contribution >= 0.6 is 0 Å². The molecule has 2 aromatic rings. The number of sulfone groups is 1. The monoisotopic (exact) mass is 439 g/mol. The molecular weight excluding hydrogens is 410 g/mol. The first-order chi connectivity index (χ1) is 14.8. The number of piperidine rings is 1. The van der Waals surface area contributed by atoms with Gasteiger partial charge in [-0.2, -0.15) is 0 Å². The fourth-order valence-electron chi connectivity index (χ4n) is 5.90. The summed E-state index contributed by atoms with van der Waals surface area (Å²) in [5.41, 5.74) is 1.18. The molecule has 2 bridgehead atoms. The van der Waals surface area contributed by atoms with Gasteiger partial charge in [0, 0.05) is 25.3 Å². The second kappa shape index (κ2) is 7.09. The van der Waals surface area contributed by atoms with Crippen LogP contribution in [-0.2, 0) is 14.6 Å². The zero-order chi connectivity index (χ0) is 22.0. The molecule has 0 radical (unpaired) electrons. The normalized spacial score (nSPS) is 29.9. The minimum absolute atomic E-state index is 0.0337. The molecule has 1 aliphatic carbocycles. The molecule has 0 aromatic heterocycles. The number of carbonyl (C=O) groups is 1. The highest BCUT2D eigenvalue weighted by Gasteiger charge is 2.64. The first kappa shape index (κ1) is 20.6. The highest BCUT2D eigenvalue weighted by Crippen LogP contribution is 2.58. The average molecular weight is 440 g/mol. The van der Waals surface area contributed by atoms with Gasteiger partial charge >= 0.3 is 0 Å². The van der Waals surface area contributed by atoms with Crippen molar-refractivity contribution in [2.75, 3.05) is 7.05 Å². The largest absolute Gasteiger partial charge is 0.467 e. The van der Waals surface area contributed by atoms with Crippen LogP contribution in [0.25, 0.3) is 0 Å². The van der Waals surface area contributed by atoms with E-state index in [9.17, 15) is 13.2 Å². The predicted molar refractivity (Wildman–Crippen MR) is 119 cm³/mol. The molecular formula is C25H29NO4S. The van der Waals surface area contributed by atoms with Gasteiger partial charge in [-0.25, -0.2) is 8.42 Å². The number of hydrogen-bond acceptors (Lipinski definition) is 4. The lowest BCUT2D eigenvalue weighted by Gasteiger charge is -2.59. The molecule has 1 saturated carbocycles. The molecule has 2 heterocycles. The third kappa shape index (κ3) is 2.87. The lowest BCUT2D eigenvalue weighted by molar-refractivity contribution is -0.191. The van der Waals surface area contributed by atoms with Crippen LogP contribution in [-0.4, -0.2) is 37.2 Å². The number of ether oxygens (including phenoxy) is 1. The van der Waals surface area contributed by atoms with Crippen molar-refractivity contribution in [1.82, 2.24) is 4.90 Å². The van der Waals surface area contributed by atoms with E-state index in [0.717, 1.165) is 36.8 Å². The summed E-state index contributed by atoms with van der Waals surface area (Å²) in [5.74, 6) is 0.229. The highest BCUT2D eigenvalue weighted by atomic mass is 32.2. The van der Waals surface area contributed by atoms with E-state index in [1.807, 2.05) is 36.4 Å². The summed E-state index contributed by atoms with van der Waals surface area (Å²) in [6.07, 6.45) is 3.58. The van der Waals surface area contributed by atoms with E-state index in [-0.39, 0.29) is 16.7 Å². The van der Waals surface area contributed by atoms with Crippen LogP contribution in [0.5, 0.6) is 5.75 Å². The molecule has 0 spiro atoms. The van der Waals surface area contributed by atoms with Crippen LogP contribution in [0.1, 0.15) is 62.5 Å². The molecule has 5 rings (SSSR count). The highest BCUT2D eigenvalue weighted by molar-refractivity contribution is 7.92. The van der Waals surface area contributed by atoms with Gasteiger partial charge in [-0.15, -0.1) is 0 Å². The molecule has 5 nitrogen and oxygen atoms in total.